The van der Waals surface area contributed by atoms with Gasteiger partial charge in [-0.3, -0.25) is 4.99 Å². The molecule has 94 valence electrons. The molecule has 0 saturated carbocycles. The summed E-state index contributed by atoms with van der Waals surface area (Å²) in [5, 5.41) is 3.78. The average Bonchev–Trinajstić information content (AvgIpc) is 2.26. The number of halogens is 3. The summed E-state index contributed by atoms with van der Waals surface area (Å²) in [6, 6.07) is 3.44. The second-order valence-electron chi connectivity index (χ2n) is 3.08. The molecular weight excluding hydrogens is 329 g/mol. The van der Waals surface area contributed by atoms with Crippen LogP contribution in [0.2, 0.25) is 10.0 Å². The van der Waals surface area contributed by atoms with Gasteiger partial charge in [0.15, 0.2) is 11.7 Å². The predicted molar refractivity (Wildman–Crippen MR) is 75.2 cm³/mol. The zero-order chi connectivity index (χ0) is 12.8. The lowest BCUT2D eigenvalue weighted by atomic mass is 10.3. The molecule has 1 aromatic carbocycles. The molecule has 17 heavy (non-hydrogen) atoms. The molecule has 7 heteroatoms. The van der Waals surface area contributed by atoms with Crippen molar-refractivity contribution in [2.75, 3.05) is 20.2 Å². The van der Waals surface area contributed by atoms with Crippen molar-refractivity contribution >= 4 is 45.1 Å². The Bertz CT molecular complexity index is 403. The molecule has 0 fully saturated rings. The van der Waals surface area contributed by atoms with E-state index < -0.39 is 0 Å². The summed E-state index contributed by atoms with van der Waals surface area (Å²) in [4.78, 5) is 3.75. The van der Waals surface area contributed by atoms with Gasteiger partial charge in [-0.1, -0.05) is 39.1 Å². The lowest BCUT2D eigenvalue weighted by Gasteiger charge is -2.11. The van der Waals surface area contributed by atoms with E-state index in [9.17, 15) is 0 Å². The van der Waals surface area contributed by atoms with E-state index in [1.54, 1.807) is 19.2 Å². The highest BCUT2D eigenvalue weighted by atomic mass is 79.9. The Labute approximate surface area is 118 Å². The Hall–Kier alpha value is -0.650. The number of rotatable bonds is 4. The van der Waals surface area contributed by atoms with E-state index in [2.05, 4.69) is 26.2 Å². The predicted octanol–water partition coefficient (Wildman–Crippen LogP) is 2.67. The summed E-state index contributed by atoms with van der Waals surface area (Å²) < 4.78 is 6.27. The van der Waals surface area contributed by atoms with Crippen molar-refractivity contribution in [1.29, 1.82) is 0 Å². The maximum atomic E-state index is 6.00. The van der Waals surface area contributed by atoms with Crippen LogP contribution in [-0.4, -0.2) is 26.2 Å². The summed E-state index contributed by atoms with van der Waals surface area (Å²) in [5.41, 5.74) is 5.46. The molecule has 0 atom stereocenters. The van der Waals surface area contributed by atoms with Crippen LogP contribution in [0, 0.1) is 0 Å². The van der Waals surface area contributed by atoms with E-state index in [0.29, 0.717) is 34.9 Å². The molecule has 0 radical (unpaired) electrons. The number of aliphatic imine (C=N–C) groups is 1. The van der Waals surface area contributed by atoms with Crippen molar-refractivity contribution in [1.82, 2.24) is 5.32 Å². The van der Waals surface area contributed by atoms with Gasteiger partial charge >= 0.3 is 0 Å². The van der Waals surface area contributed by atoms with Crippen molar-refractivity contribution < 1.29 is 4.74 Å². The molecule has 1 aromatic rings. The minimum absolute atomic E-state index is 0.363. The van der Waals surface area contributed by atoms with Crippen LogP contribution in [0.4, 0.5) is 0 Å². The molecule has 0 aliphatic rings. The van der Waals surface area contributed by atoms with Gasteiger partial charge in [0.2, 0.25) is 0 Å². The highest BCUT2D eigenvalue weighted by Crippen LogP contribution is 2.35. The van der Waals surface area contributed by atoms with Crippen molar-refractivity contribution in [3.8, 4) is 5.75 Å². The van der Waals surface area contributed by atoms with Gasteiger partial charge in [0.25, 0.3) is 0 Å². The van der Waals surface area contributed by atoms with Gasteiger partial charge in [0.1, 0.15) is 6.61 Å². The van der Waals surface area contributed by atoms with Gasteiger partial charge in [-0.05, 0) is 12.1 Å². The molecule has 0 aliphatic heterocycles. The first kappa shape index (κ1) is 14.4. The summed E-state index contributed by atoms with van der Waals surface area (Å²) in [6.07, 6.45) is 0. The first-order valence-corrected chi connectivity index (χ1v) is 6.33. The van der Waals surface area contributed by atoms with E-state index in [4.69, 9.17) is 33.7 Å². The minimum Gasteiger partial charge on any atom is -0.489 e. The van der Waals surface area contributed by atoms with Gasteiger partial charge in [-0.15, -0.1) is 0 Å². The number of ether oxygens (including phenoxy) is 1. The molecule has 0 spiro atoms. The SMILES string of the molecule is CN=C(N)NCCOc1c(Cl)cc(Br)cc1Cl. The molecule has 0 amide bonds. The second-order valence-corrected chi connectivity index (χ2v) is 4.81. The fraction of sp³-hybridized carbons (Fsp3) is 0.300. The fourth-order valence-corrected chi connectivity index (χ4v) is 2.40. The maximum absolute atomic E-state index is 6.00. The normalized spacial score (nSPS) is 11.4. The Morgan fingerprint density at radius 1 is 1.47 bits per heavy atom. The molecule has 0 unspecified atom stereocenters. The van der Waals surface area contributed by atoms with E-state index in [1.165, 1.54) is 0 Å². The fourth-order valence-electron chi connectivity index (χ4n) is 1.08. The van der Waals surface area contributed by atoms with Crippen LogP contribution in [0.1, 0.15) is 0 Å². The third-order valence-electron chi connectivity index (χ3n) is 1.86. The summed E-state index contributed by atoms with van der Waals surface area (Å²) in [6.45, 7) is 0.906. The van der Waals surface area contributed by atoms with Gasteiger partial charge in [0, 0.05) is 11.5 Å². The lowest BCUT2D eigenvalue weighted by Crippen LogP contribution is -2.34. The monoisotopic (exact) mass is 339 g/mol. The minimum atomic E-state index is 0.363. The highest BCUT2D eigenvalue weighted by molar-refractivity contribution is 9.10. The largest absolute Gasteiger partial charge is 0.489 e. The first-order chi connectivity index (χ1) is 8.04. The third-order valence-corrected chi connectivity index (χ3v) is 2.88. The zero-order valence-corrected chi connectivity index (χ0v) is 12.2. The van der Waals surface area contributed by atoms with Gasteiger partial charge in [-0.2, -0.15) is 0 Å². The lowest BCUT2D eigenvalue weighted by molar-refractivity contribution is 0.322. The van der Waals surface area contributed by atoms with Crippen molar-refractivity contribution in [2.24, 2.45) is 10.7 Å². The molecule has 3 N–H and O–H groups in total. The Balaban J connectivity index is 2.52. The van der Waals surface area contributed by atoms with Crippen LogP contribution < -0.4 is 15.8 Å². The van der Waals surface area contributed by atoms with Crippen molar-refractivity contribution in [3.05, 3.63) is 26.7 Å². The van der Waals surface area contributed by atoms with Crippen molar-refractivity contribution in [2.45, 2.75) is 0 Å². The van der Waals surface area contributed by atoms with Crippen molar-refractivity contribution in [3.63, 3.8) is 0 Å². The van der Waals surface area contributed by atoms with E-state index in [1.807, 2.05) is 0 Å². The molecule has 0 saturated heterocycles. The summed E-state index contributed by atoms with van der Waals surface area (Å²) >= 11 is 15.3. The summed E-state index contributed by atoms with van der Waals surface area (Å²) in [5.74, 6) is 0.826. The zero-order valence-electron chi connectivity index (χ0n) is 9.14. The number of nitrogens with one attached hydrogen (secondary N) is 1. The number of guanidine groups is 1. The topological polar surface area (TPSA) is 59.6 Å². The second kappa shape index (κ2) is 6.93. The maximum Gasteiger partial charge on any atom is 0.188 e. The van der Waals surface area contributed by atoms with Gasteiger partial charge in [0.05, 0.1) is 16.6 Å². The van der Waals surface area contributed by atoms with E-state index >= 15 is 0 Å². The molecule has 0 heterocycles. The Morgan fingerprint density at radius 3 is 2.59 bits per heavy atom. The Kier molecular flexibility index (Phi) is 5.88. The number of hydrogen-bond donors (Lipinski definition) is 2. The van der Waals surface area contributed by atoms with Crippen LogP contribution in [0.3, 0.4) is 0 Å². The van der Waals surface area contributed by atoms with Crippen LogP contribution in [0.25, 0.3) is 0 Å². The first-order valence-electron chi connectivity index (χ1n) is 4.78. The molecule has 0 aromatic heterocycles. The quantitative estimate of drug-likeness (QED) is 0.503. The van der Waals surface area contributed by atoms with Crippen LogP contribution >= 0.6 is 39.1 Å². The number of hydrogen-bond acceptors (Lipinski definition) is 2. The molecule has 1 rings (SSSR count). The summed E-state index contributed by atoms with van der Waals surface area (Å²) in [7, 11) is 1.60. The highest BCUT2D eigenvalue weighted by Gasteiger charge is 2.08. The van der Waals surface area contributed by atoms with Gasteiger partial charge in [-0.25, -0.2) is 0 Å². The van der Waals surface area contributed by atoms with Crippen LogP contribution in [0.5, 0.6) is 5.75 Å². The van der Waals surface area contributed by atoms with E-state index in [-0.39, 0.29) is 0 Å². The molecule has 0 bridgehead atoms. The Morgan fingerprint density at radius 2 is 2.06 bits per heavy atom. The smallest absolute Gasteiger partial charge is 0.188 e. The molecular formula is C10H12BrCl2N3O. The van der Waals surface area contributed by atoms with Crippen LogP contribution in [-0.2, 0) is 0 Å². The number of nitrogens with zero attached hydrogens (tertiary/aromatic N) is 1. The standard InChI is InChI=1S/C10H12BrCl2N3O/c1-15-10(14)16-2-3-17-9-7(12)4-6(11)5-8(9)13/h4-5H,2-3H2,1H3,(H3,14,15,16). The average molecular weight is 341 g/mol. The van der Waals surface area contributed by atoms with Gasteiger partial charge < -0.3 is 15.8 Å². The molecule has 0 aliphatic carbocycles. The van der Waals surface area contributed by atoms with Crippen LogP contribution in [0.15, 0.2) is 21.6 Å². The number of nitrogens with two attached hydrogens (primary N) is 1. The number of benzene rings is 1. The third kappa shape index (κ3) is 4.61. The molecule has 4 nitrogen and oxygen atoms in total. The van der Waals surface area contributed by atoms with E-state index in [0.717, 1.165) is 4.47 Å².